The SMILES string of the molecule is CC(NC(=O)C1CCN(c2cccc(Cl)c2)CC1)c1ccccc1. The number of hydrogen-bond donors (Lipinski definition) is 1. The average Bonchev–Trinajstić information content (AvgIpc) is 2.62. The van der Waals surface area contributed by atoms with Gasteiger partial charge in [0.05, 0.1) is 6.04 Å². The lowest BCUT2D eigenvalue weighted by atomic mass is 9.95. The van der Waals surface area contributed by atoms with Gasteiger partial charge in [0.1, 0.15) is 0 Å². The van der Waals surface area contributed by atoms with Crippen molar-refractivity contribution in [3.63, 3.8) is 0 Å². The third-order valence-electron chi connectivity index (χ3n) is 4.70. The van der Waals surface area contributed by atoms with Crippen LogP contribution in [-0.2, 0) is 4.79 Å². The molecule has 1 unspecified atom stereocenters. The minimum absolute atomic E-state index is 0.0460. The summed E-state index contributed by atoms with van der Waals surface area (Å²) < 4.78 is 0. The molecule has 1 heterocycles. The second-order valence-electron chi connectivity index (χ2n) is 6.38. The van der Waals surface area contributed by atoms with Crippen LogP contribution in [0.5, 0.6) is 0 Å². The van der Waals surface area contributed by atoms with Gasteiger partial charge in [0.25, 0.3) is 0 Å². The predicted molar refractivity (Wildman–Crippen MR) is 99.4 cm³/mol. The number of halogens is 1. The Bertz CT molecular complexity index is 681. The summed E-state index contributed by atoms with van der Waals surface area (Å²) in [6, 6.07) is 18.0. The van der Waals surface area contributed by atoms with Crippen molar-refractivity contribution in [3.8, 4) is 0 Å². The summed E-state index contributed by atoms with van der Waals surface area (Å²) in [5.41, 5.74) is 2.28. The molecule has 1 aliphatic heterocycles. The molecule has 1 saturated heterocycles. The number of benzene rings is 2. The first-order valence-electron chi connectivity index (χ1n) is 8.49. The van der Waals surface area contributed by atoms with E-state index < -0.39 is 0 Å². The zero-order valence-electron chi connectivity index (χ0n) is 13.9. The number of nitrogens with one attached hydrogen (secondary N) is 1. The summed E-state index contributed by atoms with van der Waals surface area (Å²) in [7, 11) is 0. The molecule has 3 nitrogen and oxygen atoms in total. The van der Waals surface area contributed by atoms with Crippen molar-refractivity contribution >= 4 is 23.2 Å². The molecule has 2 aromatic carbocycles. The average molecular weight is 343 g/mol. The third kappa shape index (κ3) is 4.09. The Hall–Kier alpha value is -2.00. The van der Waals surface area contributed by atoms with Crippen molar-refractivity contribution in [1.82, 2.24) is 5.32 Å². The van der Waals surface area contributed by atoms with E-state index in [2.05, 4.69) is 16.3 Å². The van der Waals surface area contributed by atoms with E-state index in [4.69, 9.17) is 11.6 Å². The van der Waals surface area contributed by atoms with E-state index in [1.54, 1.807) is 0 Å². The van der Waals surface area contributed by atoms with Crippen molar-refractivity contribution in [3.05, 3.63) is 65.2 Å². The molecule has 1 atom stereocenters. The molecule has 3 rings (SSSR count). The first-order valence-corrected chi connectivity index (χ1v) is 8.87. The second kappa shape index (κ2) is 7.71. The molecule has 4 heteroatoms. The molecule has 0 bridgehead atoms. The van der Waals surface area contributed by atoms with Crippen molar-refractivity contribution in [2.24, 2.45) is 5.92 Å². The number of rotatable bonds is 4. The molecule has 0 spiro atoms. The molecule has 0 radical (unpaired) electrons. The van der Waals surface area contributed by atoms with Crippen LogP contribution in [0.1, 0.15) is 31.4 Å². The summed E-state index contributed by atoms with van der Waals surface area (Å²) >= 11 is 6.07. The van der Waals surface area contributed by atoms with Crippen molar-refractivity contribution in [2.45, 2.75) is 25.8 Å². The first kappa shape index (κ1) is 16.8. The number of nitrogens with zero attached hydrogens (tertiary/aromatic N) is 1. The minimum Gasteiger partial charge on any atom is -0.371 e. The highest BCUT2D eigenvalue weighted by molar-refractivity contribution is 6.30. The fourth-order valence-electron chi connectivity index (χ4n) is 3.23. The minimum atomic E-state index is 0.0460. The second-order valence-corrected chi connectivity index (χ2v) is 6.82. The molecule has 0 aromatic heterocycles. The smallest absolute Gasteiger partial charge is 0.223 e. The quantitative estimate of drug-likeness (QED) is 0.891. The maximum atomic E-state index is 12.5. The van der Waals surface area contributed by atoms with Gasteiger partial charge < -0.3 is 10.2 Å². The van der Waals surface area contributed by atoms with Crippen LogP contribution in [0.4, 0.5) is 5.69 Å². The van der Waals surface area contributed by atoms with Gasteiger partial charge in [-0.15, -0.1) is 0 Å². The number of hydrogen-bond acceptors (Lipinski definition) is 2. The fourth-order valence-corrected chi connectivity index (χ4v) is 3.41. The summed E-state index contributed by atoms with van der Waals surface area (Å²) in [5.74, 6) is 0.253. The van der Waals surface area contributed by atoms with Crippen LogP contribution < -0.4 is 10.2 Å². The Morgan fingerprint density at radius 2 is 1.83 bits per heavy atom. The molecule has 1 fully saturated rings. The van der Waals surface area contributed by atoms with Gasteiger partial charge in [-0.25, -0.2) is 0 Å². The van der Waals surface area contributed by atoms with Crippen molar-refractivity contribution in [2.75, 3.05) is 18.0 Å². The van der Waals surface area contributed by atoms with Crippen LogP contribution in [0.3, 0.4) is 0 Å². The summed E-state index contributed by atoms with van der Waals surface area (Å²) in [4.78, 5) is 14.8. The summed E-state index contributed by atoms with van der Waals surface area (Å²) in [6.07, 6.45) is 1.75. The maximum absolute atomic E-state index is 12.5. The van der Waals surface area contributed by atoms with Gasteiger partial charge >= 0.3 is 0 Å². The molecule has 1 amide bonds. The van der Waals surface area contributed by atoms with Gasteiger partial charge in [-0.1, -0.05) is 48.0 Å². The van der Waals surface area contributed by atoms with Gasteiger partial charge in [0.15, 0.2) is 0 Å². The van der Waals surface area contributed by atoms with Crippen LogP contribution in [0.15, 0.2) is 54.6 Å². The van der Waals surface area contributed by atoms with Crippen LogP contribution in [0, 0.1) is 5.92 Å². The Morgan fingerprint density at radius 1 is 1.12 bits per heavy atom. The lowest BCUT2D eigenvalue weighted by Gasteiger charge is -2.33. The van der Waals surface area contributed by atoms with Crippen LogP contribution >= 0.6 is 11.6 Å². The number of carbonyl (C=O) groups is 1. The van der Waals surface area contributed by atoms with Crippen LogP contribution in [0.2, 0.25) is 5.02 Å². The lowest BCUT2D eigenvalue weighted by molar-refractivity contribution is -0.126. The molecule has 0 aliphatic carbocycles. The van der Waals surface area contributed by atoms with E-state index in [-0.39, 0.29) is 17.9 Å². The topological polar surface area (TPSA) is 32.3 Å². The van der Waals surface area contributed by atoms with E-state index in [0.717, 1.165) is 42.2 Å². The van der Waals surface area contributed by atoms with Crippen LogP contribution in [-0.4, -0.2) is 19.0 Å². The van der Waals surface area contributed by atoms with E-state index in [1.165, 1.54) is 0 Å². The molecule has 2 aromatic rings. The Labute approximate surface area is 148 Å². The van der Waals surface area contributed by atoms with Crippen LogP contribution in [0.25, 0.3) is 0 Å². The standard InChI is InChI=1S/C20H23ClN2O/c1-15(16-6-3-2-4-7-16)22-20(24)17-10-12-23(13-11-17)19-9-5-8-18(21)14-19/h2-9,14-15,17H,10-13H2,1H3,(H,22,24). The summed E-state index contributed by atoms with van der Waals surface area (Å²) in [5, 5.41) is 3.90. The van der Waals surface area contributed by atoms with E-state index in [1.807, 2.05) is 55.5 Å². The van der Waals surface area contributed by atoms with Gasteiger partial charge in [-0.3, -0.25) is 4.79 Å². The molecule has 0 saturated carbocycles. The number of carbonyl (C=O) groups excluding carboxylic acids is 1. The monoisotopic (exact) mass is 342 g/mol. The van der Waals surface area contributed by atoms with Gasteiger partial charge in [-0.05, 0) is 43.5 Å². The molecule has 126 valence electrons. The Kier molecular flexibility index (Phi) is 5.41. The predicted octanol–water partition coefficient (Wildman–Crippen LogP) is 4.43. The molecule has 1 aliphatic rings. The maximum Gasteiger partial charge on any atom is 0.223 e. The normalized spacial score (nSPS) is 16.7. The highest BCUT2D eigenvalue weighted by atomic mass is 35.5. The lowest BCUT2D eigenvalue weighted by Crippen LogP contribution is -2.41. The highest BCUT2D eigenvalue weighted by Crippen LogP contribution is 2.26. The number of piperidine rings is 1. The zero-order valence-corrected chi connectivity index (χ0v) is 14.7. The zero-order chi connectivity index (χ0) is 16.9. The van der Waals surface area contributed by atoms with E-state index in [0.29, 0.717) is 0 Å². The van der Waals surface area contributed by atoms with Crippen molar-refractivity contribution < 1.29 is 4.79 Å². The van der Waals surface area contributed by atoms with Crippen molar-refractivity contribution in [1.29, 1.82) is 0 Å². The van der Waals surface area contributed by atoms with Gasteiger partial charge in [0.2, 0.25) is 5.91 Å². The number of amides is 1. The largest absolute Gasteiger partial charge is 0.371 e. The molecule has 1 N–H and O–H groups in total. The fraction of sp³-hybridized carbons (Fsp3) is 0.350. The van der Waals surface area contributed by atoms with E-state index >= 15 is 0 Å². The highest BCUT2D eigenvalue weighted by Gasteiger charge is 2.26. The molecular formula is C20H23ClN2O. The Morgan fingerprint density at radius 3 is 2.50 bits per heavy atom. The summed E-state index contributed by atoms with van der Waals surface area (Å²) in [6.45, 7) is 3.81. The molecular weight excluding hydrogens is 320 g/mol. The molecule has 24 heavy (non-hydrogen) atoms. The van der Waals surface area contributed by atoms with Gasteiger partial charge in [0, 0.05) is 29.7 Å². The van der Waals surface area contributed by atoms with E-state index in [9.17, 15) is 4.79 Å². The number of anilines is 1. The Balaban J connectivity index is 1.53. The first-order chi connectivity index (χ1) is 11.6. The van der Waals surface area contributed by atoms with Gasteiger partial charge in [-0.2, -0.15) is 0 Å². The third-order valence-corrected chi connectivity index (χ3v) is 4.93.